The van der Waals surface area contributed by atoms with Crippen LogP contribution in [0.5, 0.6) is 0 Å². The molecule has 11 aromatic rings. The number of para-hydroxylation sites is 5. The molecule has 2 aliphatic heterocycles. The minimum absolute atomic E-state index is 0.228. The minimum Gasteiger partial charge on any atom is -0.333 e. The fourth-order valence-corrected chi connectivity index (χ4v) is 11.6. The van der Waals surface area contributed by atoms with Crippen LogP contribution < -0.4 is 4.90 Å². The quantitative estimate of drug-likeness (QED) is 0.175. The highest BCUT2D eigenvalue weighted by molar-refractivity contribution is 6.15. The molecule has 288 valence electrons. The molecule has 4 heteroatoms. The maximum Gasteiger partial charge on any atom is 0.0629 e. The highest BCUT2D eigenvalue weighted by atomic mass is 15.2. The van der Waals surface area contributed by atoms with Crippen molar-refractivity contribution in [3.8, 4) is 17.1 Å². The fraction of sp³-hybridized carbons (Fsp3) is 0.0877. The second kappa shape index (κ2) is 11.8. The number of benzene rings is 8. The first-order valence-electron chi connectivity index (χ1n) is 21.5. The first kappa shape index (κ1) is 33.3. The van der Waals surface area contributed by atoms with Crippen LogP contribution in [0.25, 0.3) is 82.5 Å². The number of hydrogen-bond donors (Lipinski definition) is 0. The molecule has 1 aliphatic carbocycles. The van der Waals surface area contributed by atoms with Gasteiger partial charge in [-0.25, -0.2) is 0 Å². The molecule has 14 rings (SSSR count). The zero-order valence-corrected chi connectivity index (χ0v) is 33.9. The van der Waals surface area contributed by atoms with Crippen LogP contribution in [-0.4, -0.2) is 19.7 Å². The van der Waals surface area contributed by atoms with Gasteiger partial charge in [0.05, 0.1) is 44.8 Å². The van der Waals surface area contributed by atoms with Crippen molar-refractivity contribution < 1.29 is 0 Å². The van der Waals surface area contributed by atoms with Gasteiger partial charge in [0.1, 0.15) is 0 Å². The van der Waals surface area contributed by atoms with E-state index < -0.39 is 0 Å². The van der Waals surface area contributed by atoms with Crippen LogP contribution in [-0.2, 0) is 5.41 Å². The van der Waals surface area contributed by atoms with E-state index in [4.69, 9.17) is 0 Å². The summed E-state index contributed by atoms with van der Waals surface area (Å²) in [5, 5.41) is 7.64. The molecule has 0 bridgehead atoms. The highest BCUT2D eigenvalue weighted by Gasteiger charge is 2.39. The van der Waals surface area contributed by atoms with Gasteiger partial charge in [-0.1, -0.05) is 129 Å². The third kappa shape index (κ3) is 4.29. The molecule has 0 amide bonds. The Kier molecular flexibility index (Phi) is 6.44. The number of nitrogens with zero attached hydrogens (tertiary/aromatic N) is 4. The minimum atomic E-state index is -0.329. The maximum absolute atomic E-state index is 2.57. The van der Waals surface area contributed by atoms with Gasteiger partial charge in [-0.2, -0.15) is 0 Å². The molecule has 0 spiro atoms. The summed E-state index contributed by atoms with van der Waals surface area (Å²) >= 11 is 0. The summed E-state index contributed by atoms with van der Waals surface area (Å²) in [5.41, 5.74) is 17.2. The number of fused-ring (bicyclic) bond motifs is 14. The van der Waals surface area contributed by atoms with Crippen molar-refractivity contribution in [2.75, 3.05) is 4.90 Å². The summed E-state index contributed by atoms with van der Waals surface area (Å²) in [6, 6.07) is 63.9. The Balaban J connectivity index is 1.07. The van der Waals surface area contributed by atoms with Crippen LogP contribution >= 0.6 is 0 Å². The van der Waals surface area contributed by atoms with Crippen LogP contribution in [0.1, 0.15) is 36.5 Å². The average molecular weight is 781 g/mol. The predicted octanol–water partition coefficient (Wildman–Crippen LogP) is 14.3. The predicted molar refractivity (Wildman–Crippen MR) is 255 cm³/mol. The number of aromatic nitrogens is 3. The Morgan fingerprint density at radius 3 is 1.59 bits per heavy atom. The van der Waals surface area contributed by atoms with E-state index in [1.165, 1.54) is 111 Å². The van der Waals surface area contributed by atoms with E-state index in [1.54, 1.807) is 0 Å². The Labute approximate surface area is 353 Å². The van der Waals surface area contributed by atoms with Crippen molar-refractivity contribution in [2.24, 2.45) is 0 Å². The van der Waals surface area contributed by atoms with E-state index in [0.29, 0.717) is 5.92 Å². The SMILES string of the molecule is CC1(C)c2cc(-n3c4ccccc4c4ccccc43)ccc2-n2c3ccc(N4c5ccccc5C5C=CC=CC54)cc3c3cc(-n4c5ccccc5c5ccccc54)cc1c32. The van der Waals surface area contributed by atoms with Crippen LogP contribution in [0, 0.1) is 0 Å². The number of hydrogen-bond acceptors (Lipinski definition) is 1. The Hall–Kier alpha value is -7.56. The molecule has 2 atom stereocenters. The van der Waals surface area contributed by atoms with Crippen molar-refractivity contribution in [3.05, 3.63) is 211 Å². The molecule has 0 saturated carbocycles. The molecule has 0 radical (unpaired) electrons. The fourth-order valence-electron chi connectivity index (χ4n) is 11.6. The van der Waals surface area contributed by atoms with Crippen LogP contribution in [0.15, 0.2) is 194 Å². The van der Waals surface area contributed by atoms with E-state index in [-0.39, 0.29) is 11.5 Å². The lowest BCUT2D eigenvalue weighted by Crippen LogP contribution is -2.28. The van der Waals surface area contributed by atoms with Gasteiger partial charge in [-0.3, -0.25) is 0 Å². The van der Waals surface area contributed by atoms with Gasteiger partial charge in [-0.05, 0) is 95.6 Å². The van der Waals surface area contributed by atoms with Crippen molar-refractivity contribution in [1.82, 2.24) is 13.7 Å². The van der Waals surface area contributed by atoms with Gasteiger partial charge in [0.2, 0.25) is 0 Å². The molecule has 4 nitrogen and oxygen atoms in total. The molecule has 3 aromatic heterocycles. The van der Waals surface area contributed by atoms with Crippen molar-refractivity contribution in [3.63, 3.8) is 0 Å². The Morgan fingerprint density at radius 1 is 0.393 bits per heavy atom. The van der Waals surface area contributed by atoms with Gasteiger partial charge < -0.3 is 18.6 Å². The van der Waals surface area contributed by atoms with Gasteiger partial charge >= 0.3 is 0 Å². The molecule has 61 heavy (non-hydrogen) atoms. The standard InChI is InChI=1S/C57H40N4/c1-57(2)46-33-36(59-50-23-11-5-17-40(50)41-18-6-12-24-51(41)59)28-30-55(46)61-54-29-27-35(58-48-21-9-3-15-38(48)39-16-4-10-22-49(39)58)31-44(54)45-32-37(34-47(57)56(45)61)60-52-25-13-7-19-42(52)43-20-8-14-26-53(43)60/h3-34,38,48H,1-2H3. The van der Waals surface area contributed by atoms with E-state index in [2.05, 4.69) is 227 Å². The summed E-state index contributed by atoms with van der Waals surface area (Å²) in [5.74, 6) is 0.324. The molecular formula is C57H40N4. The summed E-state index contributed by atoms with van der Waals surface area (Å²) < 4.78 is 7.52. The van der Waals surface area contributed by atoms with Gasteiger partial charge in [-0.15, -0.1) is 0 Å². The molecule has 2 unspecified atom stereocenters. The zero-order chi connectivity index (χ0) is 40.1. The lowest BCUT2D eigenvalue weighted by atomic mass is 9.74. The van der Waals surface area contributed by atoms with Gasteiger partial charge in [0.15, 0.2) is 0 Å². The maximum atomic E-state index is 2.57. The average Bonchev–Trinajstić information content (AvgIpc) is 4.03. The van der Waals surface area contributed by atoms with E-state index in [9.17, 15) is 0 Å². The van der Waals surface area contributed by atoms with E-state index in [0.717, 1.165) is 0 Å². The molecular weight excluding hydrogens is 741 g/mol. The monoisotopic (exact) mass is 780 g/mol. The third-order valence-electron chi connectivity index (χ3n) is 14.3. The Morgan fingerprint density at radius 2 is 0.918 bits per heavy atom. The van der Waals surface area contributed by atoms with Crippen molar-refractivity contribution >= 4 is 76.8 Å². The van der Waals surface area contributed by atoms with Gasteiger partial charge in [0, 0.05) is 66.4 Å². The Bertz CT molecular complexity index is 3660. The van der Waals surface area contributed by atoms with Gasteiger partial charge in [0.25, 0.3) is 0 Å². The van der Waals surface area contributed by atoms with Crippen LogP contribution in [0.3, 0.4) is 0 Å². The van der Waals surface area contributed by atoms with Crippen LogP contribution in [0.2, 0.25) is 0 Å². The third-order valence-corrected chi connectivity index (χ3v) is 14.3. The van der Waals surface area contributed by atoms with Crippen LogP contribution in [0.4, 0.5) is 11.4 Å². The number of allylic oxidation sites excluding steroid dienone is 2. The number of anilines is 2. The first-order chi connectivity index (χ1) is 30.0. The summed E-state index contributed by atoms with van der Waals surface area (Å²) in [6.45, 7) is 4.87. The second-order valence-corrected chi connectivity index (χ2v) is 17.7. The topological polar surface area (TPSA) is 18.0 Å². The number of rotatable bonds is 3. The summed E-state index contributed by atoms with van der Waals surface area (Å²) in [7, 11) is 0. The molecule has 0 N–H and O–H groups in total. The van der Waals surface area contributed by atoms with Crippen molar-refractivity contribution in [2.45, 2.75) is 31.2 Å². The first-order valence-corrected chi connectivity index (χ1v) is 21.5. The summed E-state index contributed by atoms with van der Waals surface area (Å²) in [4.78, 5) is 2.57. The normalized spacial score (nSPS) is 17.3. The van der Waals surface area contributed by atoms with E-state index in [1.807, 2.05) is 0 Å². The highest BCUT2D eigenvalue weighted by Crippen LogP contribution is 2.52. The largest absolute Gasteiger partial charge is 0.333 e. The molecule has 0 fully saturated rings. The zero-order valence-electron chi connectivity index (χ0n) is 33.9. The molecule has 5 heterocycles. The lowest BCUT2D eigenvalue weighted by Gasteiger charge is -2.35. The lowest BCUT2D eigenvalue weighted by molar-refractivity contribution is 0.629. The molecule has 0 saturated heterocycles. The second-order valence-electron chi connectivity index (χ2n) is 17.7. The molecule has 8 aromatic carbocycles. The van der Waals surface area contributed by atoms with E-state index >= 15 is 0 Å². The smallest absolute Gasteiger partial charge is 0.0629 e. The summed E-state index contributed by atoms with van der Waals surface area (Å²) in [6.07, 6.45) is 9.16. The van der Waals surface area contributed by atoms with Crippen molar-refractivity contribution in [1.29, 1.82) is 0 Å². The molecule has 3 aliphatic rings.